The molecule has 0 saturated carbocycles. The predicted octanol–water partition coefficient (Wildman–Crippen LogP) is 2.17. The van der Waals surface area contributed by atoms with E-state index in [2.05, 4.69) is 33.6 Å². The molecule has 122 valence electrons. The lowest BCUT2D eigenvalue weighted by atomic mass is 9.95. The van der Waals surface area contributed by atoms with Crippen LogP contribution in [0.1, 0.15) is 23.6 Å². The van der Waals surface area contributed by atoms with Crippen molar-refractivity contribution in [3.63, 3.8) is 0 Å². The molecule has 3 rings (SSSR count). The van der Waals surface area contributed by atoms with Gasteiger partial charge in [-0.05, 0) is 43.6 Å². The zero-order chi connectivity index (χ0) is 16.1. The molecule has 0 aliphatic carbocycles. The van der Waals surface area contributed by atoms with Crippen molar-refractivity contribution in [2.45, 2.75) is 19.0 Å². The predicted molar refractivity (Wildman–Crippen MR) is 86.7 cm³/mol. The van der Waals surface area contributed by atoms with Gasteiger partial charge >= 0.3 is 6.03 Å². The van der Waals surface area contributed by atoms with E-state index in [1.54, 1.807) is 18.7 Å². The van der Waals surface area contributed by atoms with Crippen LogP contribution >= 0.6 is 0 Å². The number of hydrogen-bond acceptors (Lipinski definition) is 4. The molecule has 0 bridgehead atoms. The fraction of sp³-hybridized carbons (Fsp3) is 0.412. The second kappa shape index (κ2) is 7.28. The zero-order valence-electron chi connectivity index (χ0n) is 13.2. The van der Waals surface area contributed by atoms with Crippen molar-refractivity contribution in [3.8, 4) is 0 Å². The van der Waals surface area contributed by atoms with Crippen molar-refractivity contribution in [1.29, 1.82) is 0 Å². The number of nitrogens with zero attached hydrogens (tertiary/aromatic N) is 2. The van der Waals surface area contributed by atoms with Gasteiger partial charge in [0.05, 0.1) is 12.5 Å². The second-order valence-electron chi connectivity index (χ2n) is 5.96. The molecule has 2 N–H and O–H groups in total. The number of amides is 2. The van der Waals surface area contributed by atoms with Gasteiger partial charge in [0.1, 0.15) is 0 Å². The van der Waals surface area contributed by atoms with E-state index in [0.29, 0.717) is 25.0 Å². The summed E-state index contributed by atoms with van der Waals surface area (Å²) in [6, 6.07) is 6.06. The second-order valence-corrected chi connectivity index (χ2v) is 5.96. The van der Waals surface area contributed by atoms with Crippen LogP contribution in [0, 0.1) is 5.92 Å². The van der Waals surface area contributed by atoms with E-state index in [9.17, 15) is 4.79 Å². The third kappa shape index (κ3) is 3.90. The number of rotatable bonds is 5. The Hall–Kier alpha value is -2.34. The first-order valence-electron chi connectivity index (χ1n) is 7.87. The number of aromatic nitrogens is 1. The van der Waals surface area contributed by atoms with Gasteiger partial charge in [0.25, 0.3) is 0 Å². The Bertz CT molecular complexity index is 615. The molecule has 2 aromatic heterocycles. The smallest absolute Gasteiger partial charge is 0.315 e. The van der Waals surface area contributed by atoms with Gasteiger partial charge in [-0.2, -0.15) is 0 Å². The fourth-order valence-electron chi connectivity index (χ4n) is 3.18. The average molecular weight is 314 g/mol. The number of likely N-dealkylation sites (tertiary alicyclic amines) is 1. The zero-order valence-corrected chi connectivity index (χ0v) is 13.2. The van der Waals surface area contributed by atoms with E-state index in [-0.39, 0.29) is 6.03 Å². The van der Waals surface area contributed by atoms with Gasteiger partial charge in [-0.15, -0.1) is 0 Å². The van der Waals surface area contributed by atoms with Crippen LogP contribution in [0.25, 0.3) is 0 Å². The maximum absolute atomic E-state index is 11.9. The van der Waals surface area contributed by atoms with Crippen LogP contribution in [0.15, 0.2) is 47.5 Å². The van der Waals surface area contributed by atoms with Crippen LogP contribution in [0.5, 0.6) is 0 Å². The summed E-state index contributed by atoms with van der Waals surface area (Å²) in [4.78, 5) is 18.5. The highest BCUT2D eigenvalue weighted by molar-refractivity contribution is 5.73. The Morgan fingerprint density at radius 1 is 1.43 bits per heavy atom. The van der Waals surface area contributed by atoms with Gasteiger partial charge in [0, 0.05) is 37.1 Å². The van der Waals surface area contributed by atoms with Crippen LogP contribution in [0.2, 0.25) is 0 Å². The number of carbonyl (C=O) groups excluding carboxylic acids is 1. The minimum absolute atomic E-state index is 0.148. The first kappa shape index (κ1) is 15.6. The van der Waals surface area contributed by atoms with E-state index in [0.717, 1.165) is 18.5 Å². The van der Waals surface area contributed by atoms with Crippen molar-refractivity contribution in [2.24, 2.45) is 5.92 Å². The first-order valence-corrected chi connectivity index (χ1v) is 7.87. The molecule has 1 saturated heterocycles. The van der Waals surface area contributed by atoms with Gasteiger partial charge in [0.15, 0.2) is 0 Å². The third-order valence-electron chi connectivity index (χ3n) is 4.36. The van der Waals surface area contributed by atoms with Crippen molar-refractivity contribution in [1.82, 2.24) is 20.5 Å². The Balaban J connectivity index is 1.51. The average Bonchev–Trinajstić information content (AvgIpc) is 3.21. The maximum atomic E-state index is 11.9. The number of furan rings is 1. The molecule has 2 aromatic rings. The molecule has 0 spiro atoms. The Labute approximate surface area is 135 Å². The molecular formula is C17H22N4O2. The molecule has 1 aliphatic rings. The number of pyridine rings is 1. The number of hydrogen-bond donors (Lipinski definition) is 2. The highest BCUT2D eigenvalue weighted by Gasteiger charge is 2.33. The summed E-state index contributed by atoms with van der Waals surface area (Å²) in [6.45, 7) is 2.16. The molecule has 2 amide bonds. The summed E-state index contributed by atoms with van der Waals surface area (Å²) >= 11 is 0. The molecule has 0 radical (unpaired) electrons. The Kier molecular flexibility index (Phi) is 4.92. The molecule has 3 heterocycles. The summed E-state index contributed by atoms with van der Waals surface area (Å²) < 4.78 is 4.98. The molecule has 0 unspecified atom stereocenters. The highest BCUT2D eigenvalue weighted by Crippen LogP contribution is 2.35. The van der Waals surface area contributed by atoms with Crippen molar-refractivity contribution in [2.75, 3.05) is 20.1 Å². The molecular weight excluding hydrogens is 292 g/mol. The van der Waals surface area contributed by atoms with E-state index in [1.165, 1.54) is 5.56 Å². The first-order chi connectivity index (χ1) is 11.2. The van der Waals surface area contributed by atoms with Gasteiger partial charge in [-0.25, -0.2) is 4.79 Å². The largest absolute Gasteiger partial charge is 0.472 e. The quantitative estimate of drug-likeness (QED) is 0.887. The third-order valence-corrected chi connectivity index (χ3v) is 4.36. The molecule has 1 aliphatic heterocycles. The van der Waals surface area contributed by atoms with Gasteiger partial charge < -0.3 is 15.1 Å². The van der Waals surface area contributed by atoms with Crippen LogP contribution in [0.3, 0.4) is 0 Å². The molecule has 6 nitrogen and oxygen atoms in total. The molecule has 2 atom stereocenters. The summed E-state index contributed by atoms with van der Waals surface area (Å²) in [7, 11) is 2.12. The number of carbonyl (C=O) groups is 1. The summed E-state index contributed by atoms with van der Waals surface area (Å²) in [5.74, 6) is 0.392. The molecule has 1 fully saturated rings. The normalized spacial score (nSPS) is 21.3. The van der Waals surface area contributed by atoms with E-state index >= 15 is 0 Å². The maximum Gasteiger partial charge on any atom is 0.315 e. The Morgan fingerprint density at radius 2 is 2.35 bits per heavy atom. The fourth-order valence-corrected chi connectivity index (χ4v) is 3.18. The van der Waals surface area contributed by atoms with E-state index < -0.39 is 0 Å². The summed E-state index contributed by atoms with van der Waals surface area (Å²) in [6.07, 6.45) is 8.00. The highest BCUT2D eigenvalue weighted by atomic mass is 16.3. The van der Waals surface area contributed by atoms with E-state index in [4.69, 9.17) is 4.42 Å². The van der Waals surface area contributed by atoms with Crippen molar-refractivity contribution >= 4 is 6.03 Å². The minimum atomic E-state index is -0.148. The molecule has 6 heteroatoms. The van der Waals surface area contributed by atoms with Crippen LogP contribution in [0.4, 0.5) is 4.79 Å². The van der Waals surface area contributed by atoms with Crippen molar-refractivity contribution < 1.29 is 9.21 Å². The summed E-state index contributed by atoms with van der Waals surface area (Å²) in [5.41, 5.74) is 2.16. The SMILES string of the molecule is CN1CC[C@@H](CNC(=O)NCc2ccoc2)[C@@H]1c1cccnc1. The lowest BCUT2D eigenvalue weighted by Crippen LogP contribution is -2.39. The lowest BCUT2D eigenvalue weighted by Gasteiger charge is -2.25. The standard InChI is InChI=1S/C17H22N4O2/c1-21-7-4-15(16(21)14-3-2-6-18-10-14)11-20-17(22)19-9-13-5-8-23-12-13/h2-3,5-6,8,10,12,15-16H,4,7,9,11H2,1H3,(H2,19,20,22)/t15-,16-/m0/s1. The summed E-state index contributed by atoms with van der Waals surface area (Å²) in [5, 5.41) is 5.82. The number of nitrogens with one attached hydrogen (secondary N) is 2. The van der Waals surface area contributed by atoms with Gasteiger partial charge in [-0.1, -0.05) is 6.07 Å². The van der Waals surface area contributed by atoms with Crippen LogP contribution < -0.4 is 10.6 Å². The Morgan fingerprint density at radius 3 is 3.09 bits per heavy atom. The molecule has 23 heavy (non-hydrogen) atoms. The van der Waals surface area contributed by atoms with Crippen LogP contribution in [-0.2, 0) is 6.54 Å². The topological polar surface area (TPSA) is 70.4 Å². The van der Waals surface area contributed by atoms with Gasteiger partial charge in [-0.3, -0.25) is 9.88 Å². The van der Waals surface area contributed by atoms with Gasteiger partial charge in [0.2, 0.25) is 0 Å². The lowest BCUT2D eigenvalue weighted by molar-refractivity contribution is 0.233. The van der Waals surface area contributed by atoms with Crippen molar-refractivity contribution in [3.05, 3.63) is 54.2 Å². The van der Waals surface area contributed by atoms with E-state index in [1.807, 2.05) is 18.3 Å². The molecule has 0 aromatic carbocycles. The minimum Gasteiger partial charge on any atom is -0.472 e. The van der Waals surface area contributed by atoms with Crippen LogP contribution in [-0.4, -0.2) is 36.1 Å². The monoisotopic (exact) mass is 314 g/mol. The number of urea groups is 1.